The minimum Gasteiger partial charge on any atom is -0.497 e. The van der Waals surface area contributed by atoms with Crippen molar-refractivity contribution in [3.8, 4) is 17.2 Å². The fourth-order valence-corrected chi connectivity index (χ4v) is 2.35. The summed E-state index contributed by atoms with van der Waals surface area (Å²) >= 11 is 1.13. The molecule has 0 saturated carbocycles. The maximum absolute atomic E-state index is 10.6. The number of methoxy groups -OCH3 is 1. The Morgan fingerprint density at radius 2 is 1.96 bits per heavy atom. The van der Waals surface area contributed by atoms with E-state index in [2.05, 4.69) is 15.2 Å². The van der Waals surface area contributed by atoms with Crippen LogP contribution in [0.2, 0.25) is 0 Å². The normalized spacial score (nSPS) is 10.5. The van der Waals surface area contributed by atoms with Crippen LogP contribution in [0, 0.1) is 10.1 Å². The van der Waals surface area contributed by atoms with Gasteiger partial charge in [0.1, 0.15) is 17.0 Å². The van der Waals surface area contributed by atoms with Crippen LogP contribution in [0.5, 0.6) is 5.75 Å². The van der Waals surface area contributed by atoms with Crippen LogP contribution in [0.3, 0.4) is 0 Å². The van der Waals surface area contributed by atoms with Gasteiger partial charge in [0, 0.05) is 11.6 Å². The Bertz CT molecular complexity index is 818. The molecule has 0 aliphatic heterocycles. The van der Waals surface area contributed by atoms with E-state index < -0.39 is 4.92 Å². The van der Waals surface area contributed by atoms with Crippen LogP contribution in [-0.2, 0) is 0 Å². The smallest absolute Gasteiger partial charge is 0.287 e. The number of rotatable bonds is 5. The van der Waals surface area contributed by atoms with Gasteiger partial charge in [0.25, 0.3) is 10.9 Å². The van der Waals surface area contributed by atoms with Gasteiger partial charge in [0.05, 0.1) is 12.0 Å². The molecule has 0 aliphatic carbocycles. The molecule has 3 aromatic rings. The molecule has 0 N–H and O–H groups in total. The molecule has 0 atom stereocenters. The lowest BCUT2D eigenvalue weighted by molar-refractivity contribution is -0.385. The van der Waals surface area contributed by atoms with Gasteiger partial charge in [-0.1, -0.05) is 0 Å². The van der Waals surface area contributed by atoms with E-state index in [1.807, 2.05) is 12.1 Å². The van der Waals surface area contributed by atoms with Gasteiger partial charge in [0.2, 0.25) is 5.89 Å². The highest BCUT2D eigenvalue weighted by Crippen LogP contribution is 2.29. The predicted molar refractivity (Wildman–Crippen MR) is 81.3 cm³/mol. The molecular formula is C14H10N4O4S. The van der Waals surface area contributed by atoms with E-state index in [9.17, 15) is 10.1 Å². The second-order valence-corrected chi connectivity index (χ2v) is 5.29. The van der Waals surface area contributed by atoms with E-state index in [0.29, 0.717) is 16.1 Å². The molecule has 1 aromatic carbocycles. The van der Waals surface area contributed by atoms with Crippen LogP contribution in [0.15, 0.2) is 57.3 Å². The molecule has 23 heavy (non-hydrogen) atoms. The highest BCUT2D eigenvalue weighted by atomic mass is 32.2. The third-order valence-corrected chi connectivity index (χ3v) is 3.66. The second kappa shape index (κ2) is 6.44. The fourth-order valence-electron chi connectivity index (χ4n) is 1.73. The molecule has 0 unspecified atom stereocenters. The lowest BCUT2D eigenvalue weighted by atomic mass is 10.2. The van der Waals surface area contributed by atoms with Crippen molar-refractivity contribution in [1.29, 1.82) is 0 Å². The number of hydrogen-bond donors (Lipinski definition) is 0. The zero-order chi connectivity index (χ0) is 16.2. The molecule has 2 aromatic heterocycles. The van der Waals surface area contributed by atoms with Crippen molar-refractivity contribution in [2.45, 2.75) is 10.2 Å². The van der Waals surface area contributed by atoms with Gasteiger partial charge >= 0.3 is 0 Å². The van der Waals surface area contributed by atoms with Crippen LogP contribution < -0.4 is 4.74 Å². The monoisotopic (exact) mass is 330 g/mol. The van der Waals surface area contributed by atoms with E-state index >= 15 is 0 Å². The van der Waals surface area contributed by atoms with Crippen molar-refractivity contribution in [3.63, 3.8) is 0 Å². The molecule has 0 radical (unpaired) electrons. The Kier molecular flexibility index (Phi) is 4.20. The molecule has 0 amide bonds. The van der Waals surface area contributed by atoms with Gasteiger partial charge in [-0.15, -0.1) is 10.2 Å². The number of aromatic nitrogens is 3. The number of benzene rings is 1. The summed E-state index contributed by atoms with van der Waals surface area (Å²) < 4.78 is 10.6. The maximum Gasteiger partial charge on any atom is 0.287 e. The minimum atomic E-state index is -0.504. The molecule has 0 aliphatic rings. The molecule has 116 valence electrons. The Morgan fingerprint density at radius 3 is 2.57 bits per heavy atom. The van der Waals surface area contributed by atoms with E-state index in [0.717, 1.165) is 23.1 Å². The third kappa shape index (κ3) is 3.46. The molecule has 8 nitrogen and oxygen atoms in total. The zero-order valence-corrected chi connectivity index (χ0v) is 12.7. The van der Waals surface area contributed by atoms with Gasteiger partial charge < -0.3 is 9.15 Å². The van der Waals surface area contributed by atoms with E-state index in [-0.39, 0.29) is 5.69 Å². The predicted octanol–water partition coefficient (Wildman–Crippen LogP) is 3.20. The molecular weight excluding hydrogens is 320 g/mol. The number of pyridine rings is 1. The molecule has 3 rings (SSSR count). The Balaban J connectivity index is 1.74. The van der Waals surface area contributed by atoms with E-state index in [4.69, 9.17) is 9.15 Å². The molecule has 2 heterocycles. The fraction of sp³-hybridized carbons (Fsp3) is 0.0714. The molecule has 0 fully saturated rings. The summed E-state index contributed by atoms with van der Waals surface area (Å²) in [5.74, 6) is 1.11. The number of nitrogens with zero attached hydrogens (tertiary/aromatic N) is 4. The largest absolute Gasteiger partial charge is 0.497 e. The van der Waals surface area contributed by atoms with Gasteiger partial charge in [0.15, 0.2) is 0 Å². The van der Waals surface area contributed by atoms with Gasteiger partial charge in [-0.2, -0.15) is 0 Å². The summed E-state index contributed by atoms with van der Waals surface area (Å²) in [4.78, 5) is 14.1. The number of ether oxygens (including phenoxy) is 1. The second-order valence-electron chi connectivity index (χ2n) is 4.32. The van der Waals surface area contributed by atoms with E-state index in [1.165, 1.54) is 18.3 Å². The summed E-state index contributed by atoms with van der Waals surface area (Å²) in [5.41, 5.74) is 0.695. The van der Waals surface area contributed by atoms with Crippen molar-refractivity contribution >= 4 is 17.4 Å². The Hall–Kier alpha value is -2.94. The Morgan fingerprint density at radius 1 is 1.17 bits per heavy atom. The highest BCUT2D eigenvalue weighted by Gasteiger charge is 2.12. The average molecular weight is 330 g/mol. The van der Waals surface area contributed by atoms with Gasteiger partial charge in [-0.05, 0) is 42.1 Å². The summed E-state index contributed by atoms with van der Waals surface area (Å²) in [6, 6.07) is 10.1. The van der Waals surface area contributed by atoms with Crippen LogP contribution in [0.4, 0.5) is 5.69 Å². The molecule has 0 bridgehead atoms. The number of hydrogen-bond acceptors (Lipinski definition) is 8. The van der Waals surface area contributed by atoms with Crippen molar-refractivity contribution < 1.29 is 14.1 Å². The van der Waals surface area contributed by atoms with Crippen molar-refractivity contribution in [1.82, 2.24) is 15.2 Å². The van der Waals surface area contributed by atoms with Crippen LogP contribution in [-0.4, -0.2) is 27.2 Å². The topological polar surface area (TPSA) is 104 Å². The van der Waals surface area contributed by atoms with Crippen molar-refractivity contribution in [2.75, 3.05) is 7.11 Å². The summed E-state index contributed by atoms with van der Waals surface area (Å²) in [6.07, 6.45) is 1.18. The summed E-state index contributed by atoms with van der Waals surface area (Å²) in [5, 5.41) is 19.3. The number of nitro groups is 1. The third-order valence-electron chi connectivity index (χ3n) is 2.87. The molecule has 0 saturated heterocycles. The van der Waals surface area contributed by atoms with Crippen LogP contribution in [0.25, 0.3) is 11.5 Å². The lowest BCUT2D eigenvalue weighted by Gasteiger charge is -1.99. The first-order chi connectivity index (χ1) is 11.2. The Labute approximate surface area is 134 Å². The van der Waals surface area contributed by atoms with Crippen molar-refractivity contribution in [2.24, 2.45) is 0 Å². The summed E-state index contributed by atoms with van der Waals surface area (Å²) in [7, 11) is 1.59. The van der Waals surface area contributed by atoms with Gasteiger partial charge in [-0.25, -0.2) is 4.98 Å². The quantitative estimate of drug-likeness (QED) is 0.519. The van der Waals surface area contributed by atoms with Crippen LogP contribution >= 0.6 is 11.8 Å². The van der Waals surface area contributed by atoms with Crippen molar-refractivity contribution in [3.05, 3.63) is 52.7 Å². The lowest BCUT2D eigenvalue weighted by Crippen LogP contribution is -1.89. The first kappa shape index (κ1) is 15.0. The zero-order valence-electron chi connectivity index (χ0n) is 11.9. The maximum atomic E-state index is 10.6. The summed E-state index contributed by atoms with van der Waals surface area (Å²) in [6.45, 7) is 0. The van der Waals surface area contributed by atoms with Gasteiger partial charge in [-0.3, -0.25) is 10.1 Å². The average Bonchev–Trinajstić information content (AvgIpc) is 3.04. The molecule has 0 spiro atoms. The SMILES string of the molecule is COc1ccc(-c2nnc(Sc3ccc([N+](=O)[O-])cn3)o2)cc1. The standard InChI is InChI=1S/C14H10N4O4S/c1-21-11-5-2-9(3-6-11)13-16-17-14(22-13)23-12-7-4-10(8-15-12)18(19)20/h2-8H,1H3. The highest BCUT2D eigenvalue weighted by molar-refractivity contribution is 7.99. The first-order valence-electron chi connectivity index (χ1n) is 6.42. The van der Waals surface area contributed by atoms with Crippen LogP contribution in [0.1, 0.15) is 0 Å². The first-order valence-corrected chi connectivity index (χ1v) is 7.23. The van der Waals surface area contributed by atoms with E-state index in [1.54, 1.807) is 19.2 Å². The molecule has 9 heteroatoms. The minimum absolute atomic E-state index is 0.0706.